The van der Waals surface area contributed by atoms with Gasteiger partial charge in [0.05, 0.1) is 13.0 Å². The number of amides is 2. The molecule has 2 N–H and O–H groups in total. The number of hydrogen-bond donors (Lipinski definition) is 2. The van der Waals surface area contributed by atoms with Crippen molar-refractivity contribution in [3.63, 3.8) is 0 Å². The van der Waals surface area contributed by atoms with E-state index in [1.54, 1.807) is 24.3 Å². The van der Waals surface area contributed by atoms with E-state index in [1.165, 1.54) is 7.11 Å². The Labute approximate surface area is 166 Å². The lowest BCUT2D eigenvalue weighted by molar-refractivity contribution is -0.145. The van der Waals surface area contributed by atoms with Crippen molar-refractivity contribution in [3.8, 4) is 0 Å². The zero-order chi connectivity index (χ0) is 20.5. The molecule has 28 heavy (non-hydrogen) atoms. The minimum absolute atomic E-state index is 0.191. The van der Waals surface area contributed by atoms with Crippen LogP contribution in [-0.2, 0) is 25.5 Å². The highest BCUT2D eigenvalue weighted by molar-refractivity contribution is 5.92. The Morgan fingerprint density at radius 2 is 1.64 bits per heavy atom. The highest BCUT2D eigenvalue weighted by atomic mass is 16.5. The second-order valence-electron chi connectivity index (χ2n) is 7.26. The molecule has 0 bridgehead atoms. The molecule has 6 nitrogen and oxygen atoms in total. The standard InChI is InChI=1S/C22H28N2O4/c1-15(2)13-18(23-20(25)17-11-7-8-12-17)21(26)24-19(22(27)28-3)14-16-9-5-4-6-10-16/h4-12,15,17-19H,13-14H2,1-3H3,(H,23,25)(H,24,26)/t18-,19-/m0/s1. The van der Waals surface area contributed by atoms with Crippen molar-refractivity contribution in [1.82, 2.24) is 10.6 Å². The summed E-state index contributed by atoms with van der Waals surface area (Å²) in [5, 5.41) is 5.56. The summed E-state index contributed by atoms with van der Waals surface area (Å²) in [6.07, 6.45) is 7.93. The fourth-order valence-corrected chi connectivity index (χ4v) is 3.04. The number of benzene rings is 1. The van der Waals surface area contributed by atoms with E-state index in [4.69, 9.17) is 4.74 Å². The zero-order valence-electron chi connectivity index (χ0n) is 16.6. The van der Waals surface area contributed by atoms with E-state index in [0.717, 1.165) is 5.56 Å². The molecule has 2 amide bonds. The molecule has 0 unspecified atom stereocenters. The van der Waals surface area contributed by atoms with E-state index in [0.29, 0.717) is 12.8 Å². The van der Waals surface area contributed by atoms with Crippen molar-refractivity contribution in [2.45, 2.75) is 38.8 Å². The molecule has 1 aromatic carbocycles. The van der Waals surface area contributed by atoms with Gasteiger partial charge in [-0.05, 0) is 17.9 Å². The van der Waals surface area contributed by atoms with Gasteiger partial charge in [0.15, 0.2) is 0 Å². The van der Waals surface area contributed by atoms with E-state index in [-0.39, 0.29) is 23.7 Å². The number of nitrogens with one attached hydrogen (secondary N) is 2. The third kappa shape index (κ3) is 6.37. The van der Waals surface area contributed by atoms with E-state index >= 15 is 0 Å². The summed E-state index contributed by atoms with van der Waals surface area (Å²) in [5.41, 5.74) is 0.906. The maximum absolute atomic E-state index is 12.9. The average molecular weight is 384 g/mol. The Balaban J connectivity index is 2.08. The predicted molar refractivity (Wildman–Crippen MR) is 107 cm³/mol. The van der Waals surface area contributed by atoms with E-state index < -0.39 is 18.1 Å². The van der Waals surface area contributed by atoms with Crippen molar-refractivity contribution in [2.75, 3.05) is 7.11 Å². The first kappa shape index (κ1) is 21.4. The fraction of sp³-hybridized carbons (Fsp3) is 0.409. The van der Waals surface area contributed by atoms with E-state index in [1.807, 2.05) is 44.2 Å². The molecule has 6 heteroatoms. The number of esters is 1. The van der Waals surface area contributed by atoms with Crippen molar-refractivity contribution in [1.29, 1.82) is 0 Å². The van der Waals surface area contributed by atoms with Gasteiger partial charge in [-0.2, -0.15) is 0 Å². The second kappa shape index (κ2) is 10.4. The minimum Gasteiger partial charge on any atom is -0.467 e. The Morgan fingerprint density at radius 1 is 1.00 bits per heavy atom. The van der Waals surface area contributed by atoms with Gasteiger partial charge in [-0.1, -0.05) is 68.5 Å². The van der Waals surface area contributed by atoms with Gasteiger partial charge in [-0.3, -0.25) is 9.59 Å². The van der Waals surface area contributed by atoms with Crippen molar-refractivity contribution < 1.29 is 19.1 Å². The smallest absolute Gasteiger partial charge is 0.328 e. The number of carbonyl (C=O) groups excluding carboxylic acids is 3. The first-order valence-corrected chi connectivity index (χ1v) is 9.48. The molecule has 0 fully saturated rings. The molecular formula is C22H28N2O4. The molecular weight excluding hydrogens is 356 g/mol. The minimum atomic E-state index is -0.822. The first-order chi connectivity index (χ1) is 13.4. The molecule has 1 aliphatic carbocycles. The normalized spacial score (nSPS) is 15.3. The Bertz CT molecular complexity index is 728. The van der Waals surface area contributed by atoms with Crippen LogP contribution in [0.1, 0.15) is 25.8 Å². The summed E-state index contributed by atoms with van der Waals surface area (Å²) in [5.74, 6) is -1.32. The average Bonchev–Trinajstić information content (AvgIpc) is 3.21. The Kier molecular flexibility index (Phi) is 7.99. The highest BCUT2D eigenvalue weighted by Crippen LogP contribution is 2.12. The maximum Gasteiger partial charge on any atom is 0.328 e. The first-order valence-electron chi connectivity index (χ1n) is 9.48. The van der Waals surface area contributed by atoms with Crippen molar-refractivity contribution >= 4 is 17.8 Å². The summed E-state index contributed by atoms with van der Waals surface area (Å²) >= 11 is 0. The number of rotatable bonds is 9. The maximum atomic E-state index is 12.9. The lowest BCUT2D eigenvalue weighted by atomic mass is 10.0. The van der Waals surface area contributed by atoms with E-state index in [9.17, 15) is 14.4 Å². The third-order valence-electron chi connectivity index (χ3n) is 4.48. The van der Waals surface area contributed by atoms with Crippen LogP contribution < -0.4 is 10.6 Å². The predicted octanol–water partition coefficient (Wildman–Crippen LogP) is 2.16. The molecule has 0 heterocycles. The number of methoxy groups -OCH3 is 1. The van der Waals surface area contributed by atoms with Crippen LogP contribution in [-0.4, -0.2) is 37.0 Å². The number of carbonyl (C=O) groups is 3. The van der Waals surface area contributed by atoms with Crippen molar-refractivity contribution in [2.24, 2.45) is 11.8 Å². The lowest BCUT2D eigenvalue weighted by Gasteiger charge is -2.24. The molecule has 0 aromatic heterocycles. The Hall–Kier alpha value is -2.89. The van der Waals surface area contributed by atoms with Crippen LogP contribution in [0.3, 0.4) is 0 Å². The Morgan fingerprint density at radius 3 is 2.21 bits per heavy atom. The van der Waals surface area contributed by atoms with Gasteiger partial charge < -0.3 is 15.4 Å². The van der Waals surface area contributed by atoms with Crippen LogP contribution in [0.25, 0.3) is 0 Å². The molecule has 0 saturated carbocycles. The number of ether oxygens (including phenoxy) is 1. The monoisotopic (exact) mass is 384 g/mol. The van der Waals surface area contributed by atoms with E-state index in [2.05, 4.69) is 10.6 Å². The summed E-state index contributed by atoms with van der Waals surface area (Å²) in [7, 11) is 1.29. The quantitative estimate of drug-likeness (QED) is 0.639. The summed E-state index contributed by atoms with van der Waals surface area (Å²) in [4.78, 5) is 37.5. The van der Waals surface area contributed by atoms with Gasteiger partial charge in [0.1, 0.15) is 12.1 Å². The van der Waals surface area contributed by atoms with Gasteiger partial charge in [-0.15, -0.1) is 0 Å². The van der Waals surface area contributed by atoms with Gasteiger partial charge in [0.2, 0.25) is 11.8 Å². The van der Waals surface area contributed by atoms with Crippen LogP contribution in [0.15, 0.2) is 54.6 Å². The molecule has 1 aromatic rings. The SMILES string of the molecule is COC(=O)[C@H](Cc1ccccc1)NC(=O)[C@H](CC(C)C)NC(=O)C1C=CC=C1. The summed E-state index contributed by atoms with van der Waals surface area (Å²) < 4.78 is 4.85. The van der Waals surface area contributed by atoms with Gasteiger partial charge in [-0.25, -0.2) is 4.79 Å². The highest BCUT2D eigenvalue weighted by Gasteiger charge is 2.29. The third-order valence-corrected chi connectivity index (χ3v) is 4.48. The largest absolute Gasteiger partial charge is 0.467 e. The molecule has 0 saturated heterocycles. The molecule has 150 valence electrons. The van der Waals surface area contributed by atoms with Crippen LogP contribution >= 0.6 is 0 Å². The van der Waals surface area contributed by atoms with Gasteiger partial charge in [0.25, 0.3) is 0 Å². The fourth-order valence-electron chi connectivity index (χ4n) is 3.04. The summed E-state index contributed by atoms with van der Waals surface area (Å²) in [6, 6.07) is 7.85. The topological polar surface area (TPSA) is 84.5 Å². The van der Waals surface area contributed by atoms with Crippen LogP contribution in [0.5, 0.6) is 0 Å². The molecule has 2 rings (SSSR count). The zero-order valence-corrected chi connectivity index (χ0v) is 16.6. The van der Waals surface area contributed by atoms with Crippen LogP contribution in [0, 0.1) is 11.8 Å². The molecule has 0 spiro atoms. The molecule has 0 aliphatic heterocycles. The molecule has 2 atom stereocenters. The molecule has 1 aliphatic rings. The number of allylic oxidation sites excluding steroid dienone is 2. The molecule has 0 radical (unpaired) electrons. The second-order valence-corrected chi connectivity index (χ2v) is 7.26. The van der Waals surface area contributed by atoms with Crippen LogP contribution in [0.2, 0.25) is 0 Å². The van der Waals surface area contributed by atoms with Crippen molar-refractivity contribution in [3.05, 3.63) is 60.2 Å². The summed E-state index contributed by atoms with van der Waals surface area (Å²) in [6.45, 7) is 3.95. The van der Waals surface area contributed by atoms with Crippen LogP contribution in [0.4, 0.5) is 0 Å². The lowest BCUT2D eigenvalue weighted by Crippen LogP contribution is -2.53. The number of hydrogen-bond acceptors (Lipinski definition) is 4. The van der Waals surface area contributed by atoms with Gasteiger partial charge >= 0.3 is 5.97 Å². The van der Waals surface area contributed by atoms with Gasteiger partial charge in [0, 0.05) is 6.42 Å².